The molecule has 2 aromatic carbocycles. The Kier molecular flexibility index (Phi) is 6.07. The maximum atomic E-state index is 11.7. The number of methoxy groups -OCH3 is 1. The molecule has 2 aromatic rings. The van der Waals surface area contributed by atoms with Gasteiger partial charge >= 0.3 is 5.97 Å². The third-order valence-electron chi connectivity index (χ3n) is 5.30. The SMILES string of the molecule is COC(=O)C[C@H]1CNC[C@H]1c1cccc(OCC2=NC(c3ccccc3)ON2)c1. The highest BCUT2D eigenvalue weighted by Gasteiger charge is 2.30. The zero-order valence-electron chi connectivity index (χ0n) is 16.3. The number of carbonyl (C=O) groups is 1. The van der Waals surface area contributed by atoms with Crippen molar-refractivity contribution in [1.29, 1.82) is 0 Å². The molecule has 2 aliphatic rings. The van der Waals surface area contributed by atoms with E-state index in [1.807, 2.05) is 48.5 Å². The summed E-state index contributed by atoms with van der Waals surface area (Å²) in [4.78, 5) is 21.7. The highest BCUT2D eigenvalue weighted by atomic mass is 16.7. The van der Waals surface area contributed by atoms with Crippen LogP contribution in [0, 0.1) is 5.92 Å². The predicted molar refractivity (Wildman–Crippen MR) is 109 cm³/mol. The van der Waals surface area contributed by atoms with Crippen molar-refractivity contribution in [3.05, 3.63) is 65.7 Å². The Hall–Kier alpha value is -2.90. The van der Waals surface area contributed by atoms with Crippen LogP contribution in [-0.2, 0) is 14.4 Å². The Balaban J connectivity index is 1.38. The number of nitrogens with zero attached hydrogens (tertiary/aromatic N) is 1. The number of hydrogen-bond acceptors (Lipinski definition) is 7. The lowest BCUT2D eigenvalue weighted by atomic mass is 9.87. The van der Waals surface area contributed by atoms with Gasteiger partial charge in [-0.2, -0.15) is 0 Å². The van der Waals surface area contributed by atoms with E-state index in [0.717, 1.165) is 30.0 Å². The number of hydroxylamine groups is 1. The summed E-state index contributed by atoms with van der Waals surface area (Å²) in [7, 11) is 1.43. The minimum absolute atomic E-state index is 0.172. The summed E-state index contributed by atoms with van der Waals surface area (Å²) in [5, 5.41) is 3.37. The van der Waals surface area contributed by atoms with Crippen molar-refractivity contribution in [1.82, 2.24) is 10.8 Å². The van der Waals surface area contributed by atoms with Crippen LogP contribution in [0.3, 0.4) is 0 Å². The molecule has 0 amide bonds. The van der Waals surface area contributed by atoms with Crippen LogP contribution in [0.1, 0.15) is 29.7 Å². The molecule has 0 saturated carbocycles. The molecular weight excluding hydrogens is 370 g/mol. The summed E-state index contributed by atoms with van der Waals surface area (Å²) >= 11 is 0. The first-order valence-electron chi connectivity index (χ1n) is 9.76. The van der Waals surface area contributed by atoms with Crippen LogP contribution in [0.5, 0.6) is 5.75 Å². The largest absolute Gasteiger partial charge is 0.486 e. The van der Waals surface area contributed by atoms with Gasteiger partial charge in [-0.25, -0.2) is 15.3 Å². The van der Waals surface area contributed by atoms with Crippen LogP contribution < -0.4 is 15.5 Å². The fourth-order valence-corrected chi connectivity index (χ4v) is 3.77. The van der Waals surface area contributed by atoms with Crippen LogP contribution in [0.4, 0.5) is 0 Å². The zero-order chi connectivity index (χ0) is 20.1. The molecule has 1 unspecified atom stereocenters. The summed E-state index contributed by atoms with van der Waals surface area (Å²) < 4.78 is 10.8. The van der Waals surface area contributed by atoms with Crippen molar-refractivity contribution < 1.29 is 19.1 Å². The third-order valence-corrected chi connectivity index (χ3v) is 5.30. The van der Waals surface area contributed by atoms with Crippen LogP contribution in [0.2, 0.25) is 0 Å². The van der Waals surface area contributed by atoms with Crippen LogP contribution >= 0.6 is 0 Å². The minimum Gasteiger partial charge on any atom is -0.486 e. The molecule has 0 aromatic heterocycles. The van der Waals surface area contributed by atoms with E-state index in [0.29, 0.717) is 18.9 Å². The maximum absolute atomic E-state index is 11.7. The number of hydrogen-bond donors (Lipinski definition) is 2. The molecule has 2 aliphatic heterocycles. The van der Waals surface area contributed by atoms with Crippen molar-refractivity contribution >= 4 is 11.8 Å². The number of esters is 1. The van der Waals surface area contributed by atoms with Gasteiger partial charge in [0, 0.05) is 18.0 Å². The van der Waals surface area contributed by atoms with Gasteiger partial charge in [0.15, 0.2) is 5.84 Å². The number of benzene rings is 2. The summed E-state index contributed by atoms with van der Waals surface area (Å²) in [5.41, 5.74) is 4.99. The minimum atomic E-state index is -0.357. The second-order valence-corrected chi connectivity index (χ2v) is 7.22. The predicted octanol–water partition coefficient (Wildman–Crippen LogP) is 2.56. The van der Waals surface area contributed by atoms with E-state index in [9.17, 15) is 4.79 Å². The Morgan fingerprint density at radius 2 is 1.97 bits per heavy atom. The first kappa shape index (κ1) is 19.4. The molecule has 4 rings (SSSR count). The molecule has 3 atom stereocenters. The number of nitrogens with one attached hydrogen (secondary N) is 2. The standard InChI is InChI=1S/C22H25N3O4/c1-27-21(26)11-17-12-23-13-19(17)16-8-5-9-18(10-16)28-14-20-24-22(29-25-20)15-6-3-2-4-7-15/h2-10,17,19,22-23H,11-14H2,1H3,(H,24,25)/t17-,19-,22?/m0/s1. The van der Waals surface area contributed by atoms with Gasteiger partial charge in [0.05, 0.1) is 13.5 Å². The number of aliphatic imine (C=N–C) groups is 1. The van der Waals surface area contributed by atoms with Crippen molar-refractivity contribution in [3.63, 3.8) is 0 Å². The molecule has 1 saturated heterocycles. The van der Waals surface area contributed by atoms with E-state index in [1.54, 1.807) is 0 Å². The third kappa shape index (κ3) is 4.75. The molecule has 2 N–H and O–H groups in total. The summed E-state index contributed by atoms with van der Waals surface area (Å²) in [6.07, 6.45) is 0.0582. The van der Waals surface area contributed by atoms with Gasteiger partial charge < -0.3 is 14.8 Å². The second kappa shape index (κ2) is 9.07. The van der Waals surface area contributed by atoms with Crippen molar-refractivity contribution in [2.24, 2.45) is 10.9 Å². The highest BCUT2D eigenvalue weighted by Crippen LogP contribution is 2.32. The van der Waals surface area contributed by atoms with Crippen molar-refractivity contribution in [3.8, 4) is 5.75 Å². The normalized spacial score (nSPS) is 23.3. The molecule has 7 heteroatoms. The Labute approximate surface area is 170 Å². The van der Waals surface area contributed by atoms with Crippen LogP contribution in [-0.4, -0.2) is 38.6 Å². The fourth-order valence-electron chi connectivity index (χ4n) is 3.77. The summed E-state index contributed by atoms with van der Waals surface area (Å²) in [6, 6.07) is 17.8. The molecule has 7 nitrogen and oxygen atoms in total. The zero-order valence-corrected chi connectivity index (χ0v) is 16.3. The van der Waals surface area contributed by atoms with E-state index in [-0.39, 0.29) is 24.0 Å². The van der Waals surface area contributed by atoms with Crippen molar-refractivity contribution in [2.75, 3.05) is 26.8 Å². The Bertz CT molecular complexity index is 871. The molecule has 0 bridgehead atoms. The van der Waals surface area contributed by atoms with E-state index < -0.39 is 0 Å². The Morgan fingerprint density at radius 3 is 2.79 bits per heavy atom. The van der Waals surface area contributed by atoms with E-state index in [1.165, 1.54) is 7.11 Å². The number of rotatable bonds is 7. The average molecular weight is 395 g/mol. The van der Waals surface area contributed by atoms with Crippen LogP contribution in [0.25, 0.3) is 0 Å². The smallest absolute Gasteiger partial charge is 0.305 e. The Morgan fingerprint density at radius 1 is 1.14 bits per heavy atom. The van der Waals surface area contributed by atoms with E-state index in [2.05, 4.69) is 21.9 Å². The molecule has 152 valence electrons. The van der Waals surface area contributed by atoms with E-state index in [4.69, 9.17) is 14.3 Å². The molecule has 0 spiro atoms. The highest BCUT2D eigenvalue weighted by molar-refractivity contribution is 5.83. The lowest BCUT2D eigenvalue weighted by molar-refractivity contribution is -0.141. The van der Waals surface area contributed by atoms with Crippen molar-refractivity contribution in [2.45, 2.75) is 18.6 Å². The molecule has 1 fully saturated rings. The van der Waals surface area contributed by atoms with Gasteiger partial charge in [-0.15, -0.1) is 0 Å². The quantitative estimate of drug-likeness (QED) is 0.702. The van der Waals surface area contributed by atoms with Gasteiger partial charge in [-0.05, 0) is 30.2 Å². The van der Waals surface area contributed by atoms with Gasteiger partial charge in [-0.3, -0.25) is 4.79 Å². The first-order valence-corrected chi connectivity index (χ1v) is 9.76. The maximum Gasteiger partial charge on any atom is 0.305 e. The van der Waals surface area contributed by atoms with Gasteiger partial charge in [0.25, 0.3) is 0 Å². The second-order valence-electron chi connectivity index (χ2n) is 7.22. The number of amidine groups is 1. The van der Waals surface area contributed by atoms with Gasteiger partial charge in [-0.1, -0.05) is 42.5 Å². The molecular formula is C22H25N3O4. The first-order chi connectivity index (χ1) is 14.2. The topological polar surface area (TPSA) is 81.2 Å². The van der Waals surface area contributed by atoms with Gasteiger partial charge in [0.1, 0.15) is 12.4 Å². The average Bonchev–Trinajstić information content (AvgIpc) is 3.43. The molecule has 0 radical (unpaired) electrons. The van der Waals surface area contributed by atoms with Crippen LogP contribution in [0.15, 0.2) is 59.6 Å². The lowest BCUT2D eigenvalue weighted by Crippen LogP contribution is -2.23. The molecule has 2 heterocycles. The monoisotopic (exact) mass is 395 g/mol. The molecule has 29 heavy (non-hydrogen) atoms. The van der Waals surface area contributed by atoms with E-state index >= 15 is 0 Å². The molecule has 0 aliphatic carbocycles. The van der Waals surface area contributed by atoms with Gasteiger partial charge in [0.2, 0.25) is 6.23 Å². The fraction of sp³-hybridized carbons (Fsp3) is 0.364. The summed E-state index contributed by atoms with van der Waals surface area (Å²) in [5.74, 6) is 1.72. The summed E-state index contributed by atoms with van der Waals surface area (Å²) in [6.45, 7) is 1.94. The lowest BCUT2D eigenvalue weighted by Gasteiger charge is -2.18. The number of ether oxygens (including phenoxy) is 2. The number of carbonyl (C=O) groups excluding carboxylic acids is 1.